The summed E-state index contributed by atoms with van der Waals surface area (Å²) in [7, 11) is 1.73. The molecular formula is C17H19N3O2S. The molecule has 1 N–H and O–H groups in total. The van der Waals surface area contributed by atoms with Crippen LogP contribution in [0.3, 0.4) is 0 Å². The SMILES string of the molecule is Cc1nc(NC(=O)c2ccccc2N(C)C(=O)C2CC2)sc1C. The maximum atomic E-state index is 12.6. The second kappa shape index (κ2) is 6.12. The molecule has 0 atom stereocenters. The van der Waals surface area contributed by atoms with Crippen molar-refractivity contribution in [2.24, 2.45) is 5.92 Å². The first-order valence-electron chi connectivity index (χ1n) is 7.59. The van der Waals surface area contributed by atoms with Gasteiger partial charge < -0.3 is 4.90 Å². The molecule has 1 aliphatic carbocycles. The van der Waals surface area contributed by atoms with Gasteiger partial charge in [-0.3, -0.25) is 14.9 Å². The van der Waals surface area contributed by atoms with Crippen LogP contribution >= 0.6 is 11.3 Å². The maximum absolute atomic E-state index is 12.6. The molecule has 5 nitrogen and oxygen atoms in total. The van der Waals surface area contributed by atoms with Gasteiger partial charge in [0.05, 0.1) is 16.9 Å². The van der Waals surface area contributed by atoms with E-state index < -0.39 is 0 Å². The predicted molar refractivity (Wildman–Crippen MR) is 92.1 cm³/mol. The molecule has 23 heavy (non-hydrogen) atoms. The number of nitrogens with zero attached hydrogens (tertiary/aromatic N) is 2. The van der Waals surface area contributed by atoms with Crippen molar-refractivity contribution in [2.45, 2.75) is 26.7 Å². The number of benzene rings is 1. The molecule has 0 radical (unpaired) electrons. The van der Waals surface area contributed by atoms with Crippen molar-refractivity contribution in [3.8, 4) is 0 Å². The summed E-state index contributed by atoms with van der Waals surface area (Å²) in [5.74, 6) is -0.0589. The van der Waals surface area contributed by atoms with Crippen LogP contribution in [0.1, 0.15) is 33.8 Å². The van der Waals surface area contributed by atoms with Gasteiger partial charge in [0.25, 0.3) is 5.91 Å². The summed E-state index contributed by atoms with van der Waals surface area (Å²) < 4.78 is 0. The highest BCUT2D eigenvalue weighted by molar-refractivity contribution is 7.15. The van der Waals surface area contributed by atoms with Gasteiger partial charge in [-0.1, -0.05) is 12.1 Å². The number of anilines is 2. The van der Waals surface area contributed by atoms with E-state index in [9.17, 15) is 9.59 Å². The Morgan fingerprint density at radius 2 is 1.96 bits per heavy atom. The number of thiazole rings is 1. The Labute approximate surface area is 139 Å². The van der Waals surface area contributed by atoms with E-state index in [0.717, 1.165) is 23.4 Å². The Kier molecular flexibility index (Phi) is 4.17. The van der Waals surface area contributed by atoms with Gasteiger partial charge >= 0.3 is 0 Å². The highest BCUT2D eigenvalue weighted by Crippen LogP contribution is 2.33. The number of carbonyl (C=O) groups is 2. The topological polar surface area (TPSA) is 62.3 Å². The van der Waals surface area contributed by atoms with Gasteiger partial charge in [-0.15, -0.1) is 11.3 Å². The highest BCUT2D eigenvalue weighted by atomic mass is 32.1. The summed E-state index contributed by atoms with van der Waals surface area (Å²) >= 11 is 1.45. The Hall–Kier alpha value is -2.21. The molecule has 1 heterocycles. The molecule has 2 aromatic rings. The zero-order chi connectivity index (χ0) is 16.6. The van der Waals surface area contributed by atoms with Crippen molar-refractivity contribution in [3.63, 3.8) is 0 Å². The van der Waals surface area contributed by atoms with Crippen molar-refractivity contribution in [2.75, 3.05) is 17.3 Å². The first kappa shape index (κ1) is 15.7. The molecule has 3 rings (SSSR count). The lowest BCUT2D eigenvalue weighted by molar-refractivity contribution is -0.119. The molecule has 1 saturated carbocycles. The third-order valence-electron chi connectivity index (χ3n) is 4.02. The van der Waals surface area contributed by atoms with E-state index in [1.807, 2.05) is 19.9 Å². The highest BCUT2D eigenvalue weighted by Gasteiger charge is 2.33. The number of aromatic nitrogens is 1. The van der Waals surface area contributed by atoms with Crippen LogP contribution in [0.15, 0.2) is 24.3 Å². The lowest BCUT2D eigenvalue weighted by Crippen LogP contribution is -2.29. The summed E-state index contributed by atoms with van der Waals surface area (Å²) in [4.78, 5) is 31.9. The van der Waals surface area contributed by atoms with Crippen LogP contribution in [0.25, 0.3) is 0 Å². The molecule has 1 fully saturated rings. The van der Waals surface area contributed by atoms with Crippen LogP contribution in [0.4, 0.5) is 10.8 Å². The molecule has 1 aromatic heterocycles. The number of rotatable bonds is 4. The molecule has 0 saturated heterocycles. The Morgan fingerprint density at radius 1 is 1.26 bits per heavy atom. The number of hydrogen-bond donors (Lipinski definition) is 1. The largest absolute Gasteiger partial charge is 0.314 e. The standard InChI is InChI=1S/C17H19N3O2S/c1-10-11(2)23-17(18-10)19-15(21)13-6-4-5-7-14(13)20(3)16(22)12-8-9-12/h4-7,12H,8-9H2,1-3H3,(H,18,19,21). The molecular weight excluding hydrogens is 310 g/mol. The minimum atomic E-state index is -0.246. The summed E-state index contributed by atoms with van der Waals surface area (Å²) in [6.45, 7) is 3.89. The average Bonchev–Trinajstić information content (AvgIpc) is 3.33. The van der Waals surface area contributed by atoms with Crippen LogP contribution in [0.5, 0.6) is 0 Å². The summed E-state index contributed by atoms with van der Waals surface area (Å²) in [6.07, 6.45) is 1.88. The fourth-order valence-corrected chi connectivity index (χ4v) is 3.18. The molecule has 120 valence electrons. The lowest BCUT2D eigenvalue weighted by atomic mass is 10.1. The summed E-state index contributed by atoms with van der Waals surface area (Å²) in [6, 6.07) is 7.16. The average molecular weight is 329 g/mol. The van der Waals surface area contributed by atoms with Crippen LogP contribution in [0.2, 0.25) is 0 Å². The molecule has 0 unspecified atom stereocenters. The van der Waals surface area contributed by atoms with Crippen molar-refractivity contribution in [1.29, 1.82) is 0 Å². The maximum Gasteiger partial charge on any atom is 0.259 e. The van der Waals surface area contributed by atoms with E-state index in [1.165, 1.54) is 11.3 Å². The second-order valence-corrected chi connectivity index (χ2v) is 7.01. The number of amides is 2. The van der Waals surface area contributed by atoms with E-state index >= 15 is 0 Å². The number of nitrogens with one attached hydrogen (secondary N) is 1. The lowest BCUT2D eigenvalue weighted by Gasteiger charge is -2.20. The van der Waals surface area contributed by atoms with Crippen molar-refractivity contribution < 1.29 is 9.59 Å². The first-order valence-corrected chi connectivity index (χ1v) is 8.41. The van der Waals surface area contributed by atoms with Gasteiger partial charge in [0.15, 0.2) is 5.13 Å². The van der Waals surface area contributed by atoms with Gasteiger partial charge in [0.1, 0.15) is 0 Å². The van der Waals surface area contributed by atoms with E-state index in [1.54, 1.807) is 30.1 Å². The van der Waals surface area contributed by atoms with E-state index in [-0.39, 0.29) is 17.7 Å². The Morgan fingerprint density at radius 3 is 2.57 bits per heavy atom. The molecule has 0 aliphatic heterocycles. The minimum absolute atomic E-state index is 0.0752. The van der Waals surface area contributed by atoms with Gasteiger partial charge in [0, 0.05) is 17.8 Å². The van der Waals surface area contributed by atoms with E-state index in [2.05, 4.69) is 10.3 Å². The summed E-state index contributed by atoms with van der Waals surface area (Å²) in [5.41, 5.74) is 2.03. The number of aryl methyl sites for hydroxylation is 2. The van der Waals surface area contributed by atoms with Crippen LogP contribution in [0, 0.1) is 19.8 Å². The van der Waals surface area contributed by atoms with E-state index in [0.29, 0.717) is 16.4 Å². The van der Waals surface area contributed by atoms with Gasteiger partial charge in [0.2, 0.25) is 5.91 Å². The van der Waals surface area contributed by atoms with Crippen LogP contribution < -0.4 is 10.2 Å². The molecule has 1 aromatic carbocycles. The number of carbonyl (C=O) groups excluding carboxylic acids is 2. The van der Waals surface area contributed by atoms with Gasteiger partial charge in [-0.25, -0.2) is 4.98 Å². The second-order valence-electron chi connectivity index (χ2n) is 5.80. The smallest absolute Gasteiger partial charge is 0.259 e. The van der Waals surface area contributed by atoms with Gasteiger partial charge in [-0.05, 0) is 38.8 Å². The Bertz CT molecular complexity index is 745. The zero-order valence-electron chi connectivity index (χ0n) is 13.4. The predicted octanol–water partition coefficient (Wildman–Crippen LogP) is 3.39. The molecule has 0 bridgehead atoms. The fourth-order valence-electron chi connectivity index (χ4n) is 2.37. The van der Waals surface area contributed by atoms with E-state index in [4.69, 9.17) is 0 Å². The quantitative estimate of drug-likeness (QED) is 0.935. The van der Waals surface area contributed by atoms with Crippen molar-refractivity contribution in [3.05, 3.63) is 40.4 Å². The monoisotopic (exact) mass is 329 g/mol. The molecule has 1 aliphatic rings. The van der Waals surface area contributed by atoms with Crippen molar-refractivity contribution in [1.82, 2.24) is 4.98 Å². The molecule has 2 amide bonds. The summed E-state index contributed by atoms with van der Waals surface area (Å²) in [5, 5.41) is 3.41. The van der Waals surface area contributed by atoms with Crippen molar-refractivity contribution >= 4 is 34.0 Å². The molecule has 0 spiro atoms. The van der Waals surface area contributed by atoms with Crippen LogP contribution in [-0.4, -0.2) is 23.8 Å². The number of para-hydroxylation sites is 1. The minimum Gasteiger partial charge on any atom is -0.314 e. The Balaban J connectivity index is 1.84. The first-order chi connectivity index (χ1) is 11.0. The zero-order valence-corrected chi connectivity index (χ0v) is 14.2. The normalized spacial score (nSPS) is 13.7. The third kappa shape index (κ3) is 3.27. The molecule has 6 heteroatoms. The number of hydrogen-bond acceptors (Lipinski definition) is 4. The fraction of sp³-hybridized carbons (Fsp3) is 0.353. The third-order valence-corrected chi connectivity index (χ3v) is 5.00. The van der Waals surface area contributed by atoms with Crippen LogP contribution in [-0.2, 0) is 4.79 Å². The van der Waals surface area contributed by atoms with Gasteiger partial charge in [-0.2, -0.15) is 0 Å².